The minimum Gasteiger partial charge on any atom is -0.397 e. The van der Waals surface area contributed by atoms with Crippen LogP contribution in [0.3, 0.4) is 0 Å². The molecule has 0 aromatic heterocycles. The first-order valence-electron chi connectivity index (χ1n) is 14.6. The number of carbonyl (C=O) groups is 2. The van der Waals surface area contributed by atoms with Crippen molar-refractivity contribution < 1.29 is 14.3 Å². The number of rotatable bonds is 11. The lowest BCUT2D eigenvalue weighted by Gasteiger charge is -2.27. The average Bonchev–Trinajstić information content (AvgIpc) is 2.98. The lowest BCUT2D eigenvalue weighted by atomic mass is 9.87. The van der Waals surface area contributed by atoms with Crippen molar-refractivity contribution in [2.75, 3.05) is 55.8 Å². The number of benzene rings is 3. The Kier molecular flexibility index (Phi) is 10.9. The molecule has 1 aliphatic rings. The van der Waals surface area contributed by atoms with E-state index in [1.807, 2.05) is 48.5 Å². The molecule has 3 aromatic carbocycles. The fraction of sp³-hybridized carbons (Fsp3) is 0.353. The molecule has 0 spiro atoms. The Balaban J connectivity index is 1.41. The summed E-state index contributed by atoms with van der Waals surface area (Å²) in [5.74, 6) is -0.387. The van der Waals surface area contributed by atoms with Gasteiger partial charge in [-0.1, -0.05) is 69.3 Å². The first-order chi connectivity index (χ1) is 20.2. The molecule has 4 rings (SSSR count). The molecular formula is C34H43N5O3. The standard InChI is InChI=1S/C34H43N5O3/c1-34(2,3)27-14-16-28(17-15-27)37-33(41)32(36-19-6-20-39-21-23-42-24-22-39)26-12-9-25(10-13-26)11-18-31(40)38-30-8-5-4-7-29(30)35/h4-5,7-18,32,36H,6,19-24,35H2,1-3H3,(H,37,41)(H,38,40)/b18-11+. The number of ether oxygens (including phenoxy) is 1. The smallest absolute Gasteiger partial charge is 0.248 e. The van der Waals surface area contributed by atoms with Crippen LogP contribution in [-0.2, 0) is 19.7 Å². The van der Waals surface area contributed by atoms with Crippen LogP contribution in [0.15, 0.2) is 78.9 Å². The van der Waals surface area contributed by atoms with Gasteiger partial charge in [-0.3, -0.25) is 14.5 Å². The summed E-state index contributed by atoms with van der Waals surface area (Å²) in [5, 5.41) is 9.34. The number of nitrogens with zero attached hydrogens (tertiary/aromatic N) is 1. The van der Waals surface area contributed by atoms with Gasteiger partial charge in [-0.25, -0.2) is 0 Å². The first-order valence-corrected chi connectivity index (χ1v) is 14.6. The number of para-hydroxylation sites is 2. The van der Waals surface area contributed by atoms with Crippen LogP contribution in [0.5, 0.6) is 0 Å². The van der Waals surface area contributed by atoms with E-state index in [0.29, 0.717) is 17.9 Å². The number of anilines is 3. The fourth-order valence-electron chi connectivity index (χ4n) is 4.76. The van der Waals surface area contributed by atoms with E-state index < -0.39 is 6.04 Å². The van der Waals surface area contributed by atoms with E-state index in [2.05, 4.69) is 53.8 Å². The maximum absolute atomic E-state index is 13.5. The topological polar surface area (TPSA) is 109 Å². The van der Waals surface area contributed by atoms with Crippen molar-refractivity contribution in [3.05, 3.63) is 95.6 Å². The molecule has 0 radical (unpaired) electrons. The molecule has 0 bridgehead atoms. The Hall–Kier alpha value is -3.98. The second-order valence-electron chi connectivity index (χ2n) is 11.6. The van der Waals surface area contributed by atoms with E-state index >= 15 is 0 Å². The van der Waals surface area contributed by atoms with Gasteiger partial charge < -0.3 is 26.4 Å². The summed E-state index contributed by atoms with van der Waals surface area (Å²) in [6.45, 7) is 11.6. The molecule has 2 amide bonds. The Labute approximate surface area is 249 Å². The van der Waals surface area contributed by atoms with Gasteiger partial charge in [-0.05, 0) is 72.0 Å². The molecule has 1 saturated heterocycles. The molecule has 1 aliphatic heterocycles. The maximum Gasteiger partial charge on any atom is 0.248 e. The summed E-state index contributed by atoms with van der Waals surface area (Å²) in [7, 11) is 0. The summed E-state index contributed by atoms with van der Waals surface area (Å²) in [6, 6.07) is 22.3. The molecule has 5 N–H and O–H groups in total. The predicted octanol–water partition coefficient (Wildman–Crippen LogP) is 5.21. The van der Waals surface area contributed by atoms with Crippen LogP contribution in [0, 0.1) is 0 Å². The molecule has 8 nitrogen and oxygen atoms in total. The van der Waals surface area contributed by atoms with E-state index in [1.165, 1.54) is 11.6 Å². The molecule has 0 aliphatic carbocycles. The molecular weight excluding hydrogens is 526 g/mol. The molecule has 1 atom stereocenters. The quantitative estimate of drug-likeness (QED) is 0.143. The van der Waals surface area contributed by atoms with E-state index in [-0.39, 0.29) is 17.2 Å². The summed E-state index contributed by atoms with van der Waals surface area (Å²) >= 11 is 0. The Morgan fingerprint density at radius 1 is 0.952 bits per heavy atom. The summed E-state index contributed by atoms with van der Waals surface area (Å²) in [4.78, 5) is 28.3. The molecule has 8 heteroatoms. The number of carbonyl (C=O) groups excluding carboxylic acids is 2. The number of morpholine rings is 1. The van der Waals surface area contributed by atoms with Crippen molar-refractivity contribution in [3.63, 3.8) is 0 Å². The highest BCUT2D eigenvalue weighted by Crippen LogP contribution is 2.24. The SMILES string of the molecule is CC(C)(C)c1ccc(NC(=O)C(NCCCN2CCOCC2)c2ccc(/C=C/C(=O)Nc3ccccc3N)cc2)cc1. The van der Waals surface area contributed by atoms with Crippen LogP contribution in [0.2, 0.25) is 0 Å². The van der Waals surface area contributed by atoms with Crippen LogP contribution < -0.4 is 21.7 Å². The third-order valence-corrected chi connectivity index (χ3v) is 7.30. The Morgan fingerprint density at radius 2 is 1.64 bits per heavy atom. The predicted molar refractivity (Wildman–Crippen MR) is 171 cm³/mol. The van der Waals surface area contributed by atoms with Crippen LogP contribution in [-0.4, -0.2) is 56.1 Å². The third-order valence-electron chi connectivity index (χ3n) is 7.30. The largest absolute Gasteiger partial charge is 0.397 e. The summed E-state index contributed by atoms with van der Waals surface area (Å²) < 4.78 is 5.45. The lowest BCUT2D eigenvalue weighted by Crippen LogP contribution is -2.39. The van der Waals surface area contributed by atoms with Gasteiger partial charge in [0, 0.05) is 24.9 Å². The maximum atomic E-state index is 13.5. The number of hydrogen-bond acceptors (Lipinski definition) is 6. The van der Waals surface area contributed by atoms with Gasteiger partial charge in [0.1, 0.15) is 6.04 Å². The zero-order valence-corrected chi connectivity index (χ0v) is 24.9. The number of nitrogen functional groups attached to an aromatic ring is 1. The first kappa shape index (κ1) is 31.0. The van der Waals surface area contributed by atoms with Gasteiger partial charge in [-0.2, -0.15) is 0 Å². The molecule has 3 aromatic rings. The van der Waals surface area contributed by atoms with Crippen molar-refractivity contribution >= 4 is 35.0 Å². The van der Waals surface area contributed by atoms with Crippen LogP contribution in [0.4, 0.5) is 17.1 Å². The van der Waals surface area contributed by atoms with Gasteiger partial charge in [0.05, 0.1) is 24.6 Å². The van der Waals surface area contributed by atoms with E-state index in [1.54, 1.807) is 18.2 Å². The second-order valence-corrected chi connectivity index (χ2v) is 11.6. The van der Waals surface area contributed by atoms with Crippen molar-refractivity contribution in [3.8, 4) is 0 Å². The average molecular weight is 570 g/mol. The number of nitrogens with one attached hydrogen (secondary N) is 3. The van der Waals surface area contributed by atoms with Crippen molar-refractivity contribution in [1.29, 1.82) is 0 Å². The molecule has 42 heavy (non-hydrogen) atoms. The minimum absolute atomic E-state index is 0.0406. The Bertz CT molecular complexity index is 1340. The van der Waals surface area contributed by atoms with Gasteiger partial charge in [0.2, 0.25) is 11.8 Å². The number of hydrogen-bond donors (Lipinski definition) is 4. The highest BCUT2D eigenvalue weighted by atomic mass is 16.5. The monoisotopic (exact) mass is 569 g/mol. The molecule has 1 unspecified atom stereocenters. The third kappa shape index (κ3) is 9.27. The highest BCUT2D eigenvalue weighted by molar-refractivity contribution is 6.03. The van der Waals surface area contributed by atoms with Gasteiger partial charge in [0.25, 0.3) is 0 Å². The molecule has 1 heterocycles. The highest BCUT2D eigenvalue weighted by Gasteiger charge is 2.21. The zero-order chi connectivity index (χ0) is 30.0. The summed E-state index contributed by atoms with van der Waals surface area (Å²) in [6.07, 6.45) is 4.13. The van der Waals surface area contributed by atoms with Crippen molar-refractivity contribution in [2.45, 2.75) is 38.6 Å². The summed E-state index contributed by atoms with van der Waals surface area (Å²) in [5.41, 5.74) is 10.7. The van der Waals surface area contributed by atoms with Crippen LogP contribution in [0.1, 0.15) is 49.9 Å². The minimum atomic E-state index is -0.528. The van der Waals surface area contributed by atoms with E-state index in [4.69, 9.17) is 10.5 Å². The number of amides is 2. The van der Waals surface area contributed by atoms with Gasteiger partial charge >= 0.3 is 0 Å². The normalized spacial score (nSPS) is 14.9. The van der Waals surface area contributed by atoms with Crippen LogP contribution in [0.25, 0.3) is 6.08 Å². The number of nitrogens with two attached hydrogens (primary N) is 1. The second kappa shape index (κ2) is 14.8. The molecule has 222 valence electrons. The van der Waals surface area contributed by atoms with Gasteiger partial charge in [-0.15, -0.1) is 0 Å². The van der Waals surface area contributed by atoms with Crippen molar-refractivity contribution in [2.24, 2.45) is 0 Å². The molecule has 0 saturated carbocycles. The van der Waals surface area contributed by atoms with E-state index in [0.717, 1.165) is 56.1 Å². The lowest BCUT2D eigenvalue weighted by molar-refractivity contribution is -0.118. The van der Waals surface area contributed by atoms with E-state index in [9.17, 15) is 9.59 Å². The Morgan fingerprint density at radius 3 is 2.31 bits per heavy atom. The van der Waals surface area contributed by atoms with Crippen molar-refractivity contribution in [1.82, 2.24) is 10.2 Å². The van der Waals surface area contributed by atoms with Gasteiger partial charge in [0.15, 0.2) is 0 Å². The fourth-order valence-corrected chi connectivity index (χ4v) is 4.76. The van der Waals surface area contributed by atoms with Crippen LogP contribution >= 0.6 is 0 Å². The molecule has 1 fully saturated rings. The zero-order valence-electron chi connectivity index (χ0n) is 24.9.